The molecule has 0 aliphatic carbocycles. The van der Waals surface area contributed by atoms with Crippen molar-refractivity contribution in [3.8, 4) is 0 Å². The Kier molecular flexibility index (Phi) is 7.20. The van der Waals surface area contributed by atoms with Crippen LogP contribution in [0, 0.1) is 5.41 Å². The highest BCUT2D eigenvalue weighted by Crippen LogP contribution is 2.33. The molecule has 0 aromatic heterocycles. The zero-order valence-electron chi connectivity index (χ0n) is 14.8. The van der Waals surface area contributed by atoms with E-state index in [1.165, 1.54) is 7.11 Å². The summed E-state index contributed by atoms with van der Waals surface area (Å²) < 4.78 is 10.1. The van der Waals surface area contributed by atoms with Gasteiger partial charge in [-0.15, -0.1) is 0 Å². The number of hydrogen-bond acceptors (Lipinski definition) is 4. The summed E-state index contributed by atoms with van der Waals surface area (Å²) in [6.45, 7) is 14.2. The van der Waals surface area contributed by atoms with Crippen LogP contribution in [0.2, 0.25) is 31.3 Å². The molecule has 121 valence electrons. The van der Waals surface area contributed by atoms with Crippen molar-refractivity contribution in [1.29, 1.82) is 0 Å². The summed E-state index contributed by atoms with van der Waals surface area (Å²) in [5, 5.41) is -0.646. The Labute approximate surface area is 131 Å². The molecule has 0 N–H and O–H groups in total. The van der Waals surface area contributed by atoms with Crippen LogP contribution < -0.4 is 0 Å². The molecule has 0 aromatic rings. The number of hydrogen-bond donors (Lipinski definition) is 0. The van der Waals surface area contributed by atoms with Crippen LogP contribution in [0.25, 0.3) is 0 Å². The Morgan fingerprint density at radius 3 is 2.05 bits per heavy atom. The lowest BCUT2D eigenvalue weighted by Crippen LogP contribution is -2.35. The van der Waals surface area contributed by atoms with Crippen molar-refractivity contribution in [2.45, 2.75) is 65.4 Å². The van der Waals surface area contributed by atoms with E-state index in [9.17, 15) is 9.59 Å². The standard InChI is InChI=1S/C15H30BO4Si/c1-14(2,9-12(17)19-5)10-16-15(3,4)13(18)20-11-21(6,7)8/h9-11H2,1-8H3. The van der Waals surface area contributed by atoms with Gasteiger partial charge < -0.3 is 9.47 Å². The van der Waals surface area contributed by atoms with Crippen molar-refractivity contribution in [3.05, 3.63) is 0 Å². The van der Waals surface area contributed by atoms with Crippen LogP contribution in [0.5, 0.6) is 0 Å². The fraction of sp³-hybridized carbons (Fsp3) is 0.867. The van der Waals surface area contributed by atoms with E-state index < -0.39 is 13.4 Å². The summed E-state index contributed by atoms with van der Waals surface area (Å²) in [5.74, 6) is -0.425. The van der Waals surface area contributed by atoms with Crippen molar-refractivity contribution in [2.75, 3.05) is 13.3 Å². The molecule has 0 amide bonds. The van der Waals surface area contributed by atoms with Gasteiger partial charge in [0.2, 0.25) is 0 Å². The smallest absolute Gasteiger partial charge is 0.306 e. The Hall–Kier alpha value is -0.778. The first kappa shape index (κ1) is 20.2. The second-order valence-electron chi connectivity index (χ2n) is 8.18. The number of rotatable bonds is 8. The molecule has 0 saturated heterocycles. The molecule has 0 rings (SSSR count). The summed E-state index contributed by atoms with van der Waals surface area (Å²) >= 11 is 0. The number of carbonyl (C=O) groups excluding carboxylic acids is 2. The van der Waals surface area contributed by atoms with Crippen molar-refractivity contribution in [2.24, 2.45) is 5.41 Å². The molecule has 0 spiro atoms. The maximum atomic E-state index is 12.2. The number of esters is 2. The maximum Gasteiger partial charge on any atom is 0.306 e. The van der Waals surface area contributed by atoms with Gasteiger partial charge in [0, 0.05) is 11.7 Å². The first-order valence-corrected chi connectivity index (χ1v) is 11.1. The van der Waals surface area contributed by atoms with Crippen molar-refractivity contribution in [1.82, 2.24) is 0 Å². The zero-order valence-corrected chi connectivity index (χ0v) is 15.8. The van der Waals surface area contributed by atoms with Gasteiger partial charge in [0.1, 0.15) is 7.28 Å². The topological polar surface area (TPSA) is 52.6 Å². The Morgan fingerprint density at radius 1 is 1.10 bits per heavy atom. The number of ether oxygens (including phenoxy) is 2. The van der Waals surface area contributed by atoms with E-state index in [0.717, 1.165) is 0 Å². The van der Waals surface area contributed by atoms with E-state index in [-0.39, 0.29) is 17.4 Å². The Morgan fingerprint density at radius 2 is 1.62 bits per heavy atom. The van der Waals surface area contributed by atoms with Gasteiger partial charge in [0.05, 0.1) is 21.4 Å². The molecule has 1 radical (unpaired) electrons. The summed E-state index contributed by atoms with van der Waals surface area (Å²) in [5.41, 5.74) is -0.233. The lowest BCUT2D eigenvalue weighted by Gasteiger charge is -2.29. The Balaban J connectivity index is 4.46. The minimum atomic E-state index is -1.40. The molecule has 0 heterocycles. The van der Waals surface area contributed by atoms with Gasteiger partial charge in [0.25, 0.3) is 0 Å². The number of carbonyl (C=O) groups is 2. The van der Waals surface area contributed by atoms with Crippen LogP contribution in [-0.2, 0) is 19.1 Å². The third-order valence-corrected chi connectivity index (χ3v) is 4.19. The minimum absolute atomic E-state index is 0.196. The third kappa shape index (κ3) is 8.96. The molecule has 0 aliphatic rings. The van der Waals surface area contributed by atoms with E-state index in [2.05, 4.69) is 19.6 Å². The highest BCUT2D eigenvalue weighted by molar-refractivity contribution is 6.76. The molecule has 0 bridgehead atoms. The van der Waals surface area contributed by atoms with Crippen LogP contribution in [0.4, 0.5) is 0 Å². The van der Waals surface area contributed by atoms with Gasteiger partial charge in [0.15, 0.2) is 0 Å². The SMILES string of the molecule is COC(=O)CC(C)(C)C[B]C(C)(C)C(=O)OC[Si](C)(C)C. The summed E-state index contributed by atoms with van der Waals surface area (Å²) in [6, 6.07) is 0. The molecule has 21 heavy (non-hydrogen) atoms. The fourth-order valence-electron chi connectivity index (χ4n) is 1.62. The molecule has 0 atom stereocenters. The van der Waals surface area contributed by atoms with Crippen LogP contribution in [-0.4, -0.2) is 40.6 Å². The summed E-state index contributed by atoms with van der Waals surface area (Å²) in [7, 11) is 1.93. The number of methoxy groups -OCH3 is 1. The fourth-order valence-corrected chi connectivity index (χ4v) is 2.18. The molecule has 0 saturated carbocycles. The zero-order chi connectivity index (χ0) is 16.9. The van der Waals surface area contributed by atoms with Crippen molar-refractivity contribution < 1.29 is 19.1 Å². The van der Waals surface area contributed by atoms with E-state index in [1.54, 1.807) is 0 Å². The van der Waals surface area contributed by atoms with Crippen molar-refractivity contribution >= 4 is 27.3 Å². The second kappa shape index (κ2) is 7.47. The third-order valence-electron chi connectivity index (χ3n) is 3.18. The molecule has 0 aliphatic heterocycles. The van der Waals surface area contributed by atoms with E-state index in [4.69, 9.17) is 9.47 Å². The monoisotopic (exact) mass is 313 g/mol. The van der Waals surface area contributed by atoms with E-state index >= 15 is 0 Å². The molecule has 0 fully saturated rings. The average Bonchev–Trinajstić information content (AvgIpc) is 2.32. The van der Waals surface area contributed by atoms with Gasteiger partial charge in [-0.1, -0.05) is 53.7 Å². The van der Waals surface area contributed by atoms with Crippen LogP contribution in [0.15, 0.2) is 0 Å². The van der Waals surface area contributed by atoms with Crippen LogP contribution >= 0.6 is 0 Å². The molecule has 4 nitrogen and oxygen atoms in total. The molecular weight excluding hydrogens is 283 g/mol. The molecule has 6 heteroatoms. The Bertz CT molecular complexity index is 372. The average molecular weight is 313 g/mol. The first-order chi connectivity index (χ1) is 9.29. The van der Waals surface area contributed by atoms with Gasteiger partial charge in [-0.3, -0.25) is 9.59 Å². The molecular formula is C15H30BO4Si. The van der Waals surface area contributed by atoms with Crippen LogP contribution in [0.1, 0.15) is 34.1 Å². The van der Waals surface area contributed by atoms with Gasteiger partial charge in [-0.05, 0) is 5.41 Å². The quantitative estimate of drug-likeness (QED) is 0.509. The first-order valence-electron chi connectivity index (χ1n) is 7.37. The maximum absolute atomic E-state index is 12.2. The highest BCUT2D eigenvalue weighted by atomic mass is 28.3. The second-order valence-corrected chi connectivity index (χ2v) is 13.6. The van der Waals surface area contributed by atoms with Gasteiger partial charge >= 0.3 is 11.9 Å². The van der Waals surface area contributed by atoms with Gasteiger partial charge in [-0.2, -0.15) is 0 Å². The van der Waals surface area contributed by atoms with E-state index in [0.29, 0.717) is 19.0 Å². The normalized spacial score (nSPS) is 12.8. The molecule has 0 aromatic carbocycles. The highest BCUT2D eigenvalue weighted by Gasteiger charge is 2.34. The lowest BCUT2D eigenvalue weighted by atomic mass is 9.48. The predicted octanol–water partition coefficient (Wildman–Crippen LogP) is 3.32. The summed E-state index contributed by atoms with van der Waals surface area (Å²) in [6.07, 6.45) is 1.52. The lowest BCUT2D eigenvalue weighted by molar-refractivity contribution is -0.144. The van der Waals surface area contributed by atoms with Gasteiger partial charge in [-0.25, -0.2) is 0 Å². The minimum Gasteiger partial charge on any atom is -0.470 e. The largest absolute Gasteiger partial charge is 0.470 e. The molecule has 0 unspecified atom stereocenters. The summed E-state index contributed by atoms with van der Waals surface area (Å²) in [4.78, 5) is 23.6. The predicted molar refractivity (Wildman–Crippen MR) is 89.3 cm³/mol. The van der Waals surface area contributed by atoms with Crippen LogP contribution in [0.3, 0.4) is 0 Å². The van der Waals surface area contributed by atoms with Crippen molar-refractivity contribution in [3.63, 3.8) is 0 Å². The van der Waals surface area contributed by atoms with E-state index in [1.807, 2.05) is 35.0 Å².